The van der Waals surface area contributed by atoms with Crippen LogP contribution in [0.1, 0.15) is 40.0 Å². The molecule has 1 aromatic carbocycles. The molecule has 0 radical (unpaired) electrons. The van der Waals surface area contributed by atoms with Gasteiger partial charge in [0.05, 0.1) is 17.1 Å². The summed E-state index contributed by atoms with van der Waals surface area (Å²) in [6, 6.07) is 5.63. The van der Waals surface area contributed by atoms with E-state index in [1.54, 1.807) is 4.90 Å². The number of carbonyl (C=O) groups is 2. The number of aromatic carboxylic acids is 1. The zero-order chi connectivity index (χ0) is 15.9. The third-order valence-electron chi connectivity index (χ3n) is 4.16. The first-order valence-corrected chi connectivity index (χ1v) is 9.06. The number of hydrogen-bond acceptors (Lipinski definition) is 4. The Bertz CT molecular complexity index is 706. The van der Waals surface area contributed by atoms with Crippen LogP contribution in [0.25, 0.3) is 0 Å². The number of nitrogens with zero attached hydrogens (tertiary/aromatic N) is 1. The summed E-state index contributed by atoms with van der Waals surface area (Å²) < 4.78 is 23.3. The third-order valence-corrected chi connectivity index (χ3v) is 5.91. The van der Waals surface area contributed by atoms with Crippen molar-refractivity contribution in [2.45, 2.75) is 31.3 Å². The Morgan fingerprint density at radius 1 is 1.00 bits per heavy atom. The minimum Gasteiger partial charge on any atom is -0.478 e. The van der Waals surface area contributed by atoms with E-state index in [-0.39, 0.29) is 35.1 Å². The fraction of sp³-hybridized carbons (Fsp3) is 0.467. The second-order valence-electron chi connectivity index (χ2n) is 5.88. The monoisotopic (exact) mass is 323 g/mol. The number of rotatable bonds is 4. The van der Waals surface area contributed by atoms with E-state index in [1.165, 1.54) is 24.3 Å². The molecule has 1 heterocycles. The Hall–Kier alpha value is -1.89. The molecule has 2 aliphatic rings. The average molecular weight is 323 g/mol. The predicted octanol–water partition coefficient (Wildman–Crippen LogP) is 1.18. The maximum absolute atomic E-state index is 12.7. The molecule has 118 valence electrons. The Labute approximate surface area is 128 Å². The highest BCUT2D eigenvalue weighted by molar-refractivity contribution is 7.91. The van der Waals surface area contributed by atoms with Crippen molar-refractivity contribution >= 4 is 21.7 Å². The minimum absolute atomic E-state index is 0.0302. The van der Waals surface area contributed by atoms with Gasteiger partial charge >= 0.3 is 5.97 Å². The number of benzene rings is 1. The van der Waals surface area contributed by atoms with Crippen LogP contribution < -0.4 is 0 Å². The SMILES string of the molecule is O=C(O)c1ccc(C(=O)N(C2CC2)C2CCS(=O)(=O)C2)cc1. The third kappa shape index (κ3) is 2.99. The molecule has 22 heavy (non-hydrogen) atoms. The van der Waals surface area contributed by atoms with Crippen molar-refractivity contribution in [2.75, 3.05) is 11.5 Å². The molecule has 1 atom stereocenters. The van der Waals surface area contributed by atoms with Crippen LogP contribution in [-0.4, -0.2) is 53.9 Å². The maximum atomic E-state index is 12.7. The van der Waals surface area contributed by atoms with E-state index in [9.17, 15) is 18.0 Å². The van der Waals surface area contributed by atoms with Gasteiger partial charge in [0, 0.05) is 17.6 Å². The van der Waals surface area contributed by atoms with Gasteiger partial charge in [-0.15, -0.1) is 0 Å². The molecule has 1 N–H and O–H groups in total. The van der Waals surface area contributed by atoms with Gasteiger partial charge in [0.25, 0.3) is 5.91 Å². The van der Waals surface area contributed by atoms with Crippen LogP contribution in [0.3, 0.4) is 0 Å². The fourth-order valence-corrected chi connectivity index (χ4v) is 4.59. The second-order valence-corrected chi connectivity index (χ2v) is 8.11. The summed E-state index contributed by atoms with van der Waals surface area (Å²) >= 11 is 0. The summed E-state index contributed by atoms with van der Waals surface area (Å²) in [5, 5.41) is 8.89. The van der Waals surface area contributed by atoms with Gasteiger partial charge in [-0.25, -0.2) is 13.2 Å². The first-order chi connectivity index (χ1) is 10.4. The molecule has 1 unspecified atom stereocenters. The largest absolute Gasteiger partial charge is 0.478 e. The highest BCUT2D eigenvalue weighted by atomic mass is 32.2. The van der Waals surface area contributed by atoms with E-state index in [1.807, 2.05) is 0 Å². The van der Waals surface area contributed by atoms with Gasteiger partial charge in [0.1, 0.15) is 0 Å². The van der Waals surface area contributed by atoms with Crippen molar-refractivity contribution in [1.82, 2.24) is 4.90 Å². The number of carboxylic acids is 1. The lowest BCUT2D eigenvalue weighted by molar-refractivity contribution is 0.0672. The molecule has 2 fully saturated rings. The summed E-state index contributed by atoms with van der Waals surface area (Å²) in [6.45, 7) is 0. The molecule has 1 aliphatic carbocycles. The first-order valence-electron chi connectivity index (χ1n) is 7.24. The highest BCUT2D eigenvalue weighted by Gasteiger charge is 2.42. The molecule has 0 aromatic heterocycles. The molecular weight excluding hydrogens is 306 g/mol. The van der Waals surface area contributed by atoms with E-state index in [4.69, 9.17) is 5.11 Å². The van der Waals surface area contributed by atoms with Crippen LogP contribution in [0.5, 0.6) is 0 Å². The molecule has 1 saturated carbocycles. The summed E-state index contributed by atoms with van der Waals surface area (Å²) in [6.07, 6.45) is 2.28. The standard InChI is InChI=1S/C15H17NO5S/c17-14(10-1-3-11(4-2-10)15(18)19)16(12-5-6-12)13-7-8-22(20,21)9-13/h1-4,12-13H,5-9H2,(H,18,19). The van der Waals surface area contributed by atoms with E-state index in [0.29, 0.717) is 12.0 Å². The number of amides is 1. The van der Waals surface area contributed by atoms with Crippen LogP contribution in [0.4, 0.5) is 0 Å². The zero-order valence-corrected chi connectivity index (χ0v) is 12.8. The molecule has 7 heteroatoms. The van der Waals surface area contributed by atoms with E-state index in [2.05, 4.69) is 0 Å². The Morgan fingerprint density at radius 3 is 2.05 bits per heavy atom. The fourth-order valence-electron chi connectivity index (χ4n) is 2.88. The van der Waals surface area contributed by atoms with Crippen LogP contribution in [0, 0.1) is 0 Å². The van der Waals surface area contributed by atoms with E-state index >= 15 is 0 Å². The van der Waals surface area contributed by atoms with Gasteiger partial charge in [-0.1, -0.05) is 0 Å². The average Bonchev–Trinajstić information content (AvgIpc) is 3.23. The van der Waals surface area contributed by atoms with Crippen molar-refractivity contribution in [3.63, 3.8) is 0 Å². The van der Waals surface area contributed by atoms with Gasteiger partial charge in [0.15, 0.2) is 9.84 Å². The molecule has 0 spiro atoms. The van der Waals surface area contributed by atoms with E-state index < -0.39 is 15.8 Å². The molecular formula is C15H17NO5S. The van der Waals surface area contributed by atoms with Gasteiger partial charge in [-0.3, -0.25) is 4.79 Å². The molecule has 1 amide bonds. The lowest BCUT2D eigenvalue weighted by Crippen LogP contribution is -2.42. The van der Waals surface area contributed by atoms with Crippen molar-refractivity contribution in [1.29, 1.82) is 0 Å². The number of carboxylic acid groups (broad SMARTS) is 1. The van der Waals surface area contributed by atoms with Gasteiger partial charge in [-0.2, -0.15) is 0 Å². The van der Waals surface area contributed by atoms with Crippen LogP contribution >= 0.6 is 0 Å². The Morgan fingerprint density at radius 2 is 1.59 bits per heavy atom. The second kappa shape index (κ2) is 5.39. The topological polar surface area (TPSA) is 91.8 Å². The Balaban J connectivity index is 1.82. The van der Waals surface area contributed by atoms with Crippen LogP contribution in [-0.2, 0) is 9.84 Å². The van der Waals surface area contributed by atoms with Crippen molar-refractivity contribution in [2.24, 2.45) is 0 Å². The molecule has 1 aromatic rings. The molecule has 6 nitrogen and oxygen atoms in total. The quantitative estimate of drug-likeness (QED) is 0.898. The van der Waals surface area contributed by atoms with Gasteiger partial charge < -0.3 is 10.0 Å². The van der Waals surface area contributed by atoms with Gasteiger partial charge in [-0.05, 0) is 43.5 Å². The molecule has 0 bridgehead atoms. The molecule has 1 saturated heterocycles. The summed E-state index contributed by atoms with van der Waals surface area (Å²) in [5.74, 6) is -1.09. The normalized spacial score (nSPS) is 23.2. The number of carbonyl (C=O) groups excluding carboxylic acids is 1. The van der Waals surface area contributed by atoms with Crippen molar-refractivity contribution in [3.8, 4) is 0 Å². The van der Waals surface area contributed by atoms with Gasteiger partial charge in [0.2, 0.25) is 0 Å². The predicted molar refractivity (Wildman–Crippen MR) is 79.7 cm³/mol. The van der Waals surface area contributed by atoms with Crippen LogP contribution in [0.2, 0.25) is 0 Å². The number of hydrogen-bond donors (Lipinski definition) is 1. The van der Waals surface area contributed by atoms with Crippen LogP contribution in [0.15, 0.2) is 24.3 Å². The number of sulfone groups is 1. The smallest absolute Gasteiger partial charge is 0.335 e. The molecule has 3 rings (SSSR count). The Kier molecular flexibility index (Phi) is 3.68. The van der Waals surface area contributed by atoms with Crippen molar-refractivity contribution < 1.29 is 23.1 Å². The lowest BCUT2D eigenvalue weighted by Gasteiger charge is -2.28. The summed E-state index contributed by atoms with van der Waals surface area (Å²) in [7, 11) is -3.05. The molecule has 1 aliphatic heterocycles. The van der Waals surface area contributed by atoms with Crippen molar-refractivity contribution in [3.05, 3.63) is 35.4 Å². The minimum atomic E-state index is -3.05. The van der Waals surface area contributed by atoms with E-state index in [0.717, 1.165) is 12.8 Å². The maximum Gasteiger partial charge on any atom is 0.335 e. The highest BCUT2D eigenvalue weighted by Crippen LogP contribution is 2.33. The summed E-state index contributed by atoms with van der Waals surface area (Å²) in [5.41, 5.74) is 0.527. The zero-order valence-electron chi connectivity index (χ0n) is 11.9. The first kappa shape index (κ1) is 15.0. The summed E-state index contributed by atoms with van der Waals surface area (Å²) in [4.78, 5) is 25.2. The lowest BCUT2D eigenvalue weighted by atomic mass is 10.1.